The number of anilines is 1. The summed E-state index contributed by atoms with van der Waals surface area (Å²) < 4.78 is 22.6. The Morgan fingerprint density at radius 2 is 1.87 bits per heavy atom. The van der Waals surface area contributed by atoms with Gasteiger partial charge in [-0.1, -0.05) is 26.0 Å². The average Bonchev–Trinajstić information content (AvgIpc) is 2.75. The number of nitrogens with one attached hydrogen (secondary N) is 1. The van der Waals surface area contributed by atoms with Crippen LogP contribution < -0.4 is 5.32 Å². The molecule has 3 N–H and O–H groups in total. The molecule has 1 amide bonds. The van der Waals surface area contributed by atoms with Gasteiger partial charge in [-0.05, 0) is 43.4 Å². The van der Waals surface area contributed by atoms with Crippen molar-refractivity contribution in [2.24, 2.45) is 17.8 Å². The fraction of sp³-hybridized carbons (Fsp3) is 0.609. The van der Waals surface area contributed by atoms with E-state index in [4.69, 9.17) is 24.1 Å². The van der Waals surface area contributed by atoms with E-state index in [1.165, 1.54) is 6.07 Å². The average molecular weight is 438 g/mol. The molecule has 0 bridgehead atoms. The summed E-state index contributed by atoms with van der Waals surface area (Å²) in [4.78, 5) is 12.8. The highest BCUT2D eigenvalue weighted by molar-refractivity contribution is 6.03. The lowest BCUT2D eigenvalue weighted by molar-refractivity contribution is -0.175. The molecular formula is C23H35NO7. The van der Waals surface area contributed by atoms with Crippen LogP contribution in [0.15, 0.2) is 36.1 Å². The molecule has 0 spiro atoms. The second-order valence-electron chi connectivity index (χ2n) is 7.67. The molecular weight excluding hydrogens is 402 g/mol. The Morgan fingerprint density at radius 3 is 2.52 bits per heavy atom. The largest absolute Gasteiger partial charge is 0.506 e. The maximum Gasteiger partial charge on any atom is 0.290 e. The SMILES string of the molecule is CCO[C@@H]1OC(C(=O)Nc2ccccc2O)=C[C@H](C(C)C)[C@H]1CCOCCOCCO. The molecule has 1 aromatic rings. The number of carbonyl (C=O) groups excluding carboxylic acids is 1. The van der Waals surface area contributed by atoms with Crippen LogP contribution in [0.25, 0.3) is 0 Å². The quantitative estimate of drug-likeness (QED) is 0.322. The highest BCUT2D eigenvalue weighted by atomic mass is 16.7. The zero-order valence-electron chi connectivity index (χ0n) is 18.6. The third-order valence-corrected chi connectivity index (χ3v) is 5.11. The van der Waals surface area contributed by atoms with E-state index in [1.807, 2.05) is 13.0 Å². The van der Waals surface area contributed by atoms with Crippen molar-refractivity contribution in [1.82, 2.24) is 0 Å². The van der Waals surface area contributed by atoms with Crippen molar-refractivity contribution >= 4 is 11.6 Å². The van der Waals surface area contributed by atoms with Gasteiger partial charge >= 0.3 is 0 Å². The number of aromatic hydroxyl groups is 1. The number of amides is 1. The fourth-order valence-electron chi connectivity index (χ4n) is 3.57. The zero-order valence-corrected chi connectivity index (χ0v) is 18.6. The Bertz CT molecular complexity index is 707. The molecule has 0 aromatic heterocycles. The van der Waals surface area contributed by atoms with Gasteiger partial charge < -0.3 is 34.5 Å². The summed E-state index contributed by atoms with van der Waals surface area (Å²) in [5.41, 5.74) is 0.324. The maximum absolute atomic E-state index is 12.8. The number of allylic oxidation sites excluding steroid dienone is 1. The molecule has 1 aliphatic rings. The van der Waals surface area contributed by atoms with Crippen LogP contribution in [0.3, 0.4) is 0 Å². The van der Waals surface area contributed by atoms with Crippen molar-refractivity contribution in [1.29, 1.82) is 0 Å². The molecule has 8 nitrogen and oxygen atoms in total. The third-order valence-electron chi connectivity index (χ3n) is 5.11. The number of aliphatic hydroxyl groups excluding tert-OH is 1. The number of para-hydroxylation sites is 2. The van der Waals surface area contributed by atoms with Crippen molar-refractivity contribution in [3.8, 4) is 5.75 Å². The number of phenolic OH excluding ortho intramolecular Hbond substituents is 1. The molecule has 0 aliphatic carbocycles. The molecule has 0 radical (unpaired) electrons. The molecule has 2 rings (SSSR count). The van der Waals surface area contributed by atoms with Gasteiger partial charge in [-0.2, -0.15) is 0 Å². The van der Waals surface area contributed by atoms with Crippen LogP contribution in [0, 0.1) is 17.8 Å². The molecule has 8 heteroatoms. The van der Waals surface area contributed by atoms with Crippen molar-refractivity contribution in [3.05, 3.63) is 36.1 Å². The van der Waals surface area contributed by atoms with Crippen LogP contribution in [0.1, 0.15) is 27.2 Å². The van der Waals surface area contributed by atoms with E-state index in [9.17, 15) is 9.90 Å². The Hall–Kier alpha value is -2.13. The third kappa shape index (κ3) is 7.81. The van der Waals surface area contributed by atoms with Gasteiger partial charge in [-0.15, -0.1) is 0 Å². The van der Waals surface area contributed by atoms with Crippen LogP contribution in [-0.4, -0.2) is 62.1 Å². The van der Waals surface area contributed by atoms with Crippen LogP contribution in [0.5, 0.6) is 5.75 Å². The first-order valence-corrected chi connectivity index (χ1v) is 10.8. The molecule has 0 saturated carbocycles. The number of ether oxygens (including phenoxy) is 4. The van der Waals surface area contributed by atoms with Crippen LogP contribution >= 0.6 is 0 Å². The van der Waals surface area contributed by atoms with Gasteiger partial charge in [-0.25, -0.2) is 0 Å². The van der Waals surface area contributed by atoms with Crippen molar-refractivity contribution in [2.45, 2.75) is 33.5 Å². The Balaban J connectivity index is 2.04. The van der Waals surface area contributed by atoms with E-state index in [2.05, 4.69) is 19.2 Å². The maximum atomic E-state index is 12.8. The van der Waals surface area contributed by atoms with Gasteiger partial charge in [0, 0.05) is 19.1 Å². The number of rotatable bonds is 13. The van der Waals surface area contributed by atoms with Gasteiger partial charge in [0.1, 0.15) is 5.75 Å². The molecule has 0 unspecified atom stereocenters. The van der Waals surface area contributed by atoms with Crippen LogP contribution in [-0.2, 0) is 23.7 Å². The second kappa shape index (κ2) is 13.3. The van der Waals surface area contributed by atoms with E-state index < -0.39 is 12.2 Å². The van der Waals surface area contributed by atoms with Crippen molar-refractivity contribution in [3.63, 3.8) is 0 Å². The minimum Gasteiger partial charge on any atom is -0.506 e. The summed E-state index contributed by atoms with van der Waals surface area (Å²) >= 11 is 0. The predicted molar refractivity (Wildman–Crippen MR) is 116 cm³/mol. The molecule has 1 aromatic carbocycles. The zero-order chi connectivity index (χ0) is 22.6. The van der Waals surface area contributed by atoms with Gasteiger partial charge in [0.05, 0.1) is 32.1 Å². The summed E-state index contributed by atoms with van der Waals surface area (Å²) in [5, 5.41) is 21.3. The molecule has 0 fully saturated rings. The predicted octanol–water partition coefficient (Wildman–Crippen LogP) is 2.91. The topological polar surface area (TPSA) is 106 Å². The summed E-state index contributed by atoms with van der Waals surface area (Å²) in [6, 6.07) is 6.56. The lowest BCUT2D eigenvalue weighted by atomic mass is 9.79. The number of hydrogen-bond acceptors (Lipinski definition) is 7. The van der Waals surface area contributed by atoms with E-state index in [1.54, 1.807) is 18.2 Å². The lowest BCUT2D eigenvalue weighted by Crippen LogP contribution is -2.40. The van der Waals surface area contributed by atoms with Gasteiger partial charge in [0.15, 0.2) is 5.76 Å². The summed E-state index contributed by atoms with van der Waals surface area (Å²) in [5.74, 6) is 0.108. The Labute approximate surface area is 184 Å². The fourth-order valence-corrected chi connectivity index (χ4v) is 3.57. The van der Waals surface area contributed by atoms with Crippen molar-refractivity contribution in [2.75, 3.05) is 45.0 Å². The Kier molecular flexibility index (Phi) is 10.8. The smallest absolute Gasteiger partial charge is 0.290 e. The first-order chi connectivity index (χ1) is 15.0. The molecule has 174 valence electrons. The molecule has 0 saturated heterocycles. The minimum absolute atomic E-state index is 0.00233. The molecule has 1 heterocycles. The number of benzene rings is 1. The molecule has 31 heavy (non-hydrogen) atoms. The molecule has 1 aliphatic heterocycles. The monoisotopic (exact) mass is 437 g/mol. The Morgan fingerprint density at radius 1 is 1.16 bits per heavy atom. The van der Waals surface area contributed by atoms with Gasteiger partial charge in [0.25, 0.3) is 5.91 Å². The summed E-state index contributed by atoms with van der Waals surface area (Å²) in [6.45, 7) is 8.24. The van der Waals surface area contributed by atoms with Crippen molar-refractivity contribution < 1.29 is 34.0 Å². The normalized spacial score (nSPS) is 20.9. The number of aliphatic hydroxyl groups is 1. The number of hydrogen-bond donors (Lipinski definition) is 3. The highest BCUT2D eigenvalue weighted by Crippen LogP contribution is 2.37. The van der Waals surface area contributed by atoms with Crippen LogP contribution in [0.4, 0.5) is 5.69 Å². The van der Waals surface area contributed by atoms with Gasteiger partial charge in [-0.3, -0.25) is 4.79 Å². The van der Waals surface area contributed by atoms with E-state index in [-0.39, 0.29) is 35.9 Å². The number of carbonyl (C=O) groups is 1. The first kappa shape index (κ1) is 25.1. The minimum atomic E-state index is -0.568. The van der Waals surface area contributed by atoms with Crippen LogP contribution in [0.2, 0.25) is 0 Å². The lowest BCUT2D eigenvalue weighted by Gasteiger charge is -2.38. The molecule has 3 atom stereocenters. The first-order valence-electron chi connectivity index (χ1n) is 10.8. The van der Waals surface area contributed by atoms with E-state index in [0.29, 0.717) is 45.1 Å². The number of phenols is 1. The standard InChI is InChI=1S/C23H35NO7/c1-4-30-23-17(9-11-28-13-14-29-12-10-25)18(16(2)3)15-21(31-23)22(27)24-19-7-5-6-8-20(19)26/h5-8,15-18,23,25-26H,4,9-14H2,1-3H3,(H,24,27)/t17-,18-,23-/m1/s1. The summed E-state index contributed by atoms with van der Waals surface area (Å²) in [7, 11) is 0. The highest BCUT2D eigenvalue weighted by Gasteiger charge is 2.38. The van der Waals surface area contributed by atoms with E-state index >= 15 is 0 Å². The summed E-state index contributed by atoms with van der Waals surface area (Å²) in [6.07, 6.45) is 1.99. The second-order valence-corrected chi connectivity index (χ2v) is 7.67. The van der Waals surface area contributed by atoms with Gasteiger partial charge in [0.2, 0.25) is 6.29 Å². The van der Waals surface area contributed by atoms with E-state index in [0.717, 1.165) is 0 Å².